The number of nitrogens with one attached hydrogen (secondary N) is 1. The van der Waals surface area contributed by atoms with E-state index < -0.39 is 0 Å². The van der Waals surface area contributed by atoms with Gasteiger partial charge in [0.15, 0.2) is 0 Å². The number of nitrogens with zero attached hydrogens (tertiary/aromatic N) is 2. The van der Waals surface area contributed by atoms with Gasteiger partial charge in [0.2, 0.25) is 11.8 Å². The summed E-state index contributed by atoms with van der Waals surface area (Å²) in [5, 5.41) is 4.06. The first-order valence-corrected chi connectivity index (χ1v) is 11.3. The van der Waals surface area contributed by atoms with Crippen LogP contribution in [-0.4, -0.2) is 48.1 Å². The van der Waals surface area contributed by atoms with Crippen LogP contribution in [0.5, 0.6) is 0 Å². The van der Waals surface area contributed by atoms with E-state index in [1.54, 1.807) is 0 Å². The van der Waals surface area contributed by atoms with Crippen molar-refractivity contribution in [2.45, 2.75) is 26.0 Å². The van der Waals surface area contributed by atoms with Gasteiger partial charge in [-0.05, 0) is 36.8 Å². The molecule has 33 heavy (non-hydrogen) atoms. The Kier molecular flexibility index (Phi) is 9.18. The minimum absolute atomic E-state index is 0. The molecule has 4 rings (SSSR count). The van der Waals surface area contributed by atoms with Crippen molar-refractivity contribution in [3.63, 3.8) is 0 Å². The lowest BCUT2D eigenvalue weighted by Crippen LogP contribution is -2.47. The van der Waals surface area contributed by atoms with Gasteiger partial charge >= 0.3 is 0 Å². The first-order chi connectivity index (χ1) is 15.5. The van der Waals surface area contributed by atoms with Gasteiger partial charge in [0, 0.05) is 31.7 Å². The van der Waals surface area contributed by atoms with Crippen LogP contribution in [0.1, 0.15) is 16.8 Å². The molecule has 6 nitrogen and oxygen atoms in total. The van der Waals surface area contributed by atoms with E-state index in [9.17, 15) is 4.79 Å². The highest BCUT2D eigenvalue weighted by Gasteiger charge is 2.21. The number of halogens is 3. The molecule has 1 saturated heterocycles. The number of hydrogen-bond donors (Lipinski definition) is 1. The Morgan fingerprint density at radius 3 is 2.85 bits per heavy atom. The van der Waals surface area contributed by atoms with E-state index in [0.717, 1.165) is 36.3 Å². The zero-order valence-corrected chi connectivity index (χ0v) is 20.6. The molecule has 0 bridgehead atoms. The molecule has 2 aromatic carbocycles. The molecule has 1 aliphatic heterocycles. The molecule has 0 unspecified atom stereocenters. The number of oxazole rings is 1. The van der Waals surface area contributed by atoms with Gasteiger partial charge in [0.1, 0.15) is 6.26 Å². The maximum Gasteiger partial charge on any atom is 0.226 e. The largest absolute Gasteiger partial charge is 0.444 e. The predicted octanol–water partition coefficient (Wildman–Crippen LogP) is 4.94. The van der Waals surface area contributed by atoms with Crippen LogP contribution in [0.2, 0.25) is 10.0 Å². The van der Waals surface area contributed by atoms with E-state index >= 15 is 0 Å². The number of carbonyl (C=O) groups is 1. The van der Waals surface area contributed by atoms with Crippen molar-refractivity contribution in [1.29, 1.82) is 0 Å². The molecule has 1 aliphatic rings. The predicted molar refractivity (Wildman–Crippen MR) is 132 cm³/mol. The molecule has 1 amide bonds. The highest BCUT2D eigenvalue weighted by Crippen LogP contribution is 2.24. The number of hydrogen-bond acceptors (Lipinski definition) is 5. The fourth-order valence-corrected chi connectivity index (χ4v) is 4.02. The lowest BCUT2D eigenvalue weighted by molar-refractivity contribution is -0.121. The van der Waals surface area contributed by atoms with Crippen molar-refractivity contribution in [3.8, 4) is 11.5 Å². The Morgan fingerprint density at radius 1 is 1.21 bits per heavy atom. The lowest BCUT2D eigenvalue weighted by atomic mass is 10.1. The minimum Gasteiger partial charge on any atom is -0.444 e. The molecule has 176 valence electrons. The van der Waals surface area contributed by atoms with Crippen molar-refractivity contribution >= 4 is 41.5 Å². The highest BCUT2D eigenvalue weighted by molar-refractivity contribution is 6.42. The number of ether oxygens (including phenoxy) is 1. The molecule has 2 heterocycles. The van der Waals surface area contributed by atoms with E-state index in [-0.39, 0.29) is 30.8 Å². The van der Waals surface area contributed by atoms with Crippen LogP contribution in [0.25, 0.3) is 11.5 Å². The summed E-state index contributed by atoms with van der Waals surface area (Å²) >= 11 is 12.1. The molecule has 0 radical (unpaired) electrons. The monoisotopic (exact) mass is 509 g/mol. The Bertz CT molecular complexity index is 1090. The molecule has 0 spiro atoms. The first-order valence-electron chi connectivity index (χ1n) is 10.5. The van der Waals surface area contributed by atoms with E-state index in [1.165, 1.54) is 6.26 Å². The van der Waals surface area contributed by atoms with Crippen molar-refractivity contribution in [2.24, 2.45) is 0 Å². The van der Waals surface area contributed by atoms with Crippen molar-refractivity contribution < 1.29 is 13.9 Å². The molecule has 1 fully saturated rings. The number of carbonyl (C=O) groups excluding carboxylic acids is 1. The van der Waals surface area contributed by atoms with Gasteiger partial charge in [0.05, 0.1) is 34.9 Å². The Hall–Kier alpha value is -2.09. The van der Waals surface area contributed by atoms with Crippen LogP contribution < -0.4 is 5.32 Å². The summed E-state index contributed by atoms with van der Waals surface area (Å²) in [6.45, 7) is 5.38. The van der Waals surface area contributed by atoms with E-state index in [1.807, 2.05) is 49.4 Å². The molecular formula is C24H26Cl3N3O3. The zero-order chi connectivity index (χ0) is 22.5. The summed E-state index contributed by atoms with van der Waals surface area (Å²) in [5.41, 5.74) is 3.72. The fourth-order valence-electron chi connectivity index (χ4n) is 3.70. The topological polar surface area (TPSA) is 67.6 Å². The van der Waals surface area contributed by atoms with Crippen molar-refractivity contribution in [1.82, 2.24) is 15.2 Å². The van der Waals surface area contributed by atoms with Gasteiger partial charge in [0.25, 0.3) is 0 Å². The highest BCUT2D eigenvalue weighted by atomic mass is 35.5. The molecule has 1 aromatic heterocycles. The summed E-state index contributed by atoms with van der Waals surface area (Å²) < 4.78 is 11.4. The SMILES string of the molecule is Cc1cccc(-c2nc(CC(=O)NC[C@H]3CN(Cc4ccc(Cl)c(Cl)c4)CCO3)co2)c1.Cl. The summed E-state index contributed by atoms with van der Waals surface area (Å²) in [6.07, 6.45) is 1.62. The van der Waals surface area contributed by atoms with Gasteiger partial charge in [-0.1, -0.05) is 47.0 Å². The summed E-state index contributed by atoms with van der Waals surface area (Å²) in [4.78, 5) is 19.1. The lowest BCUT2D eigenvalue weighted by Gasteiger charge is -2.33. The van der Waals surface area contributed by atoms with Crippen LogP contribution in [0.3, 0.4) is 0 Å². The quantitative estimate of drug-likeness (QED) is 0.488. The van der Waals surface area contributed by atoms with Crippen LogP contribution in [0.4, 0.5) is 0 Å². The second-order valence-corrected chi connectivity index (χ2v) is 8.79. The van der Waals surface area contributed by atoms with Crippen LogP contribution in [-0.2, 0) is 22.5 Å². The second-order valence-electron chi connectivity index (χ2n) is 7.97. The fraction of sp³-hybridized carbons (Fsp3) is 0.333. The second kappa shape index (κ2) is 11.9. The van der Waals surface area contributed by atoms with Crippen LogP contribution >= 0.6 is 35.6 Å². The molecule has 3 aromatic rings. The van der Waals surface area contributed by atoms with Gasteiger partial charge in [-0.2, -0.15) is 0 Å². The van der Waals surface area contributed by atoms with Gasteiger partial charge < -0.3 is 14.5 Å². The first kappa shape index (κ1) is 25.5. The average molecular weight is 511 g/mol. The Balaban J connectivity index is 0.00000306. The minimum atomic E-state index is -0.112. The number of amides is 1. The summed E-state index contributed by atoms with van der Waals surface area (Å²) in [6, 6.07) is 13.6. The van der Waals surface area contributed by atoms with Crippen molar-refractivity contribution in [2.75, 3.05) is 26.2 Å². The third-order valence-electron chi connectivity index (χ3n) is 5.30. The average Bonchev–Trinajstić information content (AvgIpc) is 3.24. The number of morpholine rings is 1. The van der Waals surface area contributed by atoms with Gasteiger partial charge in [-0.25, -0.2) is 4.98 Å². The van der Waals surface area contributed by atoms with E-state index in [0.29, 0.717) is 34.8 Å². The van der Waals surface area contributed by atoms with Crippen molar-refractivity contribution in [3.05, 3.63) is 75.6 Å². The third-order valence-corrected chi connectivity index (χ3v) is 6.04. The maximum absolute atomic E-state index is 12.4. The number of benzene rings is 2. The molecular weight excluding hydrogens is 485 g/mol. The Morgan fingerprint density at radius 2 is 2.06 bits per heavy atom. The molecule has 9 heteroatoms. The van der Waals surface area contributed by atoms with E-state index in [2.05, 4.69) is 15.2 Å². The number of aromatic nitrogens is 1. The van der Waals surface area contributed by atoms with Gasteiger partial charge in [-0.3, -0.25) is 9.69 Å². The standard InChI is InChI=1S/C24H25Cl2N3O3.ClH/c1-16-3-2-4-18(9-16)24-28-19(15-32-24)11-23(30)27-12-20-14-29(7-8-31-20)13-17-5-6-21(25)22(26)10-17;/h2-6,9-10,15,20H,7-8,11-14H2,1H3,(H,27,30);1H/t20-;/m0./s1. The van der Waals surface area contributed by atoms with Crippen LogP contribution in [0.15, 0.2) is 53.1 Å². The summed E-state index contributed by atoms with van der Waals surface area (Å²) in [7, 11) is 0. The third kappa shape index (κ3) is 7.19. The molecule has 0 saturated carbocycles. The smallest absolute Gasteiger partial charge is 0.226 e. The van der Waals surface area contributed by atoms with Gasteiger partial charge in [-0.15, -0.1) is 12.4 Å². The zero-order valence-electron chi connectivity index (χ0n) is 18.2. The maximum atomic E-state index is 12.4. The normalized spacial score (nSPS) is 16.3. The van der Waals surface area contributed by atoms with E-state index in [4.69, 9.17) is 32.4 Å². The Labute approximate surface area is 209 Å². The number of rotatable bonds is 7. The number of aryl methyl sites for hydroxylation is 1. The molecule has 1 N–H and O–H groups in total. The van der Waals surface area contributed by atoms with Crippen LogP contribution in [0, 0.1) is 6.92 Å². The molecule has 0 aliphatic carbocycles. The molecule has 1 atom stereocenters. The summed E-state index contributed by atoms with van der Waals surface area (Å²) in [5.74, 6) is 0.407.